The maximum Gasteiger partial charge on any atom is 0.416 e. The Morgan fingerprint density at radius 3 is 2.32 bits per heavy atom. The fourth-order valence-electron chi connectivity index (χ4n) is 3.58. The van der Waals surface area contributed by atoms with Crippen LogP contribution in [0.15, 0.2) is 47.4 Å². The van der Waals surface area contributed by atoms with Crippen molar-refractivity contribution in [2.45, 2.75) is 30.0 Å². The highest BCUT2D eigenvalue weighted by Gasteiger charge is 2.37. The standard InChI is InChI=1S/C19H18F3NO4S/c20-19(21,22)14-4-6-15(7-5-14)28(24,25)23-9-1-2-16(23)13-3-8-17-18(12-13)27-11-10-26-17/h3-8,12,16H,1-2,9-11H2/t16-/m0/s1. The average molecular weight is 413 g/mol. The first kappa shape index (κ1) is 19.1. The van der Waals surface area contributed by atoms with Crippen LogP contribution in [0.2, 0.25) is 0 Å². The van der Waals surface area contributed by atoms with Gasteiger partial charge in [-0.1, -0.05) is 6.07 Å². The normalized spacial score (nSPS) is 20.3. The summed E-state index contributed by atoms with van der Waals surface area (Å²) in [6, 6.07) is 8.55. The number of alkyl halides is 3. The zero-order valence-corrected chi connectivity index (χ0v) is 15.6. The van der Waals surface area contributed by atoms with Crippen LogP contribution in [0.3, 0.4) is 0 Å². The van der Waals surface area contributed by atoms with Crippen molar-refractivity contribution in [3.8, 4) is 11.5 Å². The van der Waals surface area contributed by atoms with Gasteiger partial charge in [0.15, 0.2) is 11.5 Å². The Balaban J connectivity index is 1.64. The number of hydrogen-bond acceptors (Lipinski definition) is 4. The van der Waals surface area contributed by atoms with Gasteiger partial charge in [0.1, 0.15) is 13.2 Å². The summed E-state index contributed by atoms with van der Waals surface area (Å²) in [5.41, 5.74) is -0.103. The molecular weight excluding hydrogens is 395 g/mol. The van der Waals surface area contributed by atoms with Crippen LogP contribution < -0.4 is 9.47 Å². The van der Waals surface area contributed by atoms with Gasteiger partial charge in [-0.25, -0.2) is 8.42 Å². The van der Waals surface area contributed by atoms with E-state index in [2.05, 4.69) is 0 Å². The number of benzene rings is 2. The number of fused-ring (bicyclic) bond motifs is 1. The minimum atomic E-state index is -4.51. The number of nitrogens with zero attached hydrogens (tertiary/aromatic N) is 1. The first-order valence-corrected chi connectivity index (χ1v) is 10.3. The molecule has 0 aromatic heterocycles. The lowest BCUT2D eigenvalue weighted by molar-refractivity contribution is -0.137. The number of ether oxygens (including phenoxy) is 2. The average Bonchev–Trinajstić information content (AvgIpc) is 3.18. The SMILES string of the molecule is O=S(=O)(c1ccc(C(F)(F)F)cc1)N1CCC[C@H]1c1ccc2c(c1)OCCO2. The van der Waals surface area contributed by atoms with E-state index in [1.165, 1.54) is 4.31 Å². The highest BCUT2D eigenvalue weighted by atomic mass is 32.2. The van der Waals surface area contributed by atoms with Gasteiger partial charge >= 0.3 is 6.18 Å². The predicted octanol–water partition coefficient (Wildman–Crippen LogP) is 4.00. The van der Waals surface area contributed by atoms with Gasteiger partial charge < -0.3 is 9.47 Å². The van der Waals surface area contributed by atoms with E-state index in [-0.39, 0.29) is 4.90 Å². The predicted molar refractivity (Wildman–Crippen MR) is 94.7 cm³/mol. The molecule has 0 saturated carbocycles. The first-order valence-electron chi connectivity index (χ1n) is 8.85. The Bertz CT molecular complexity index is 974. The molecule has 2 heterocycles. The molecule has 2 aliphatic rings. The van der Waals surface area contributed by atoms with Gasteiger partial charge in [0.25, 0.3) is 0 Å². The highest BCUT2D eigenvalue weighted by Crippen LogP contribution is 2.40. The summed E-state index contributed by atoms with van der Waals surface area (Å²) in [7, 11) is -3.93. The molecular formula is C19H18F3NO4S. The maximum atomic E-state index is 13.1. The van der Waals surface area contributed by atoms with Gasteiger partial charge in [0, 0.05) is 6.54 Å². The van der Waals surface area contributed by atoms with Crippen LogP contribution >= 0.6 is 0 Å². The summed E-state index contributed by atoms with van der Waals surface area (Å²) in [6.07, 6.45) is -3.22. The van der Waals surface area contributed by atoms with Gasteiger partial charge in [0.05, 0.1) is 16.5 Å². The molecule has 150 valence electrons. The lowest BCUT2D eigenvalue weighted by Gasteiger charge is -2.26. The molecule has 0 bridgehead atoms. The van der Waals surface area contributed by atoms with Crippen molar-refractivity contribution in [2.75, 3.05) is 19.8 Å². The lowest BCUT2D eigenvalue weighted by Crippen LogP contribution is -2.30. The van der Waals surface area contributed by atoms with Crippen molar-refractivity contribution in [3.63, 3.8) is 0 Å². The van der Waals surface area contributed by atoms with Gasteiger partial charge in [-0.05, 0) is 54.8 Å². The zero-order valence-electron chi connectivity index (χ0n) is 14.8. The minimum Gasteiger partial charge on any atom is -0.486 e. The third kappa shape index (κ3) is 3.44. The quantitative estimate of drug-likeness (QED) is 0.763. The molecule has 0 amide bonds. The molecule has 2 aliphatic heterocycles. The van der Waals surface area contributed by atoms with E-state index in [9.17, 15) is 21.6 Å². The second kappa shape index (κ2) is 6.97. The van der Waals surface area contributed by atoms with Gasteiger partial charge in [-0.3, -0.25) is 0 Å². The molecule has 0 unspecified atom stereocenters. The molecule has 1 saturated heterocycles. The van der Waals surface area contributed by atoms with E-state index < -0.39 is 27.8 Å². The van der Waals surface area contributed by atoms with Crippen molar-refractivity contribution < 1.29 is 31.1 Å². The van der Waals surface area contributed by atoms with Crippen LogP contribution in [0.25, 0.3) is 0 Å². The van der Waals surface area contributed by atoms with Gasteiger partial charge in [-0.15, -0.1) is 0 Å². The summed E-state index contributed by atoms with van der Waals surface area (Å²) in [6.45, 7) is 1.20. The van der Waals surface area contributed by atoms with Crippen molar-refractivity contribution in [3.05, 3.63) is 53.6 Å². The number of halogens is 3. The summed E-state index contributed by atoms with van der Waals surface area (Å²) >= 11 is 0. The molecule has 2 aromatic carbocycles. The molecule has 2 aromatic rings. The summed E-state index contributed by atoms with van der Waals surface area (Å²) in [5.74, 6) is 1.19. The van der Waals surface area contributed by atoms with Crippen molar-refractivity contribution in [2.24, 2.45) is 0 Å². The minimum absolute atomic E-state index is 0.148. The van der Waals surface area contributed by atoms with Crippen LogP contribution in [0.1, 0.15) is 30.0 Å². The number of rotatable bonds is 3. The summed E-state index contributed by atoms with van der Waals surface area (Å²) in [4.78, 5) is -0.148. The van der Waals surface area contributed by atoms with Gasteiger partial charge in [-0.2, -0.15) is 17.5 Å². The maximum absolute atomic E-state index is 13.1. The van der Waals surface area contributed by atoms with Crippen LogP contribution in [0.5, 0.6) is 11.5 Å². The van der Waals surface area contributed by atoms with Crippen LogP contribution in [0, 0.1) is 0 Å². The molecule has 0 N–H and O–H groups in total. The number of sulfonamides is 1. The van der Waals surface area contributed by atoms with E-state index >= 15 is 0 Å². The van der Waals surface area contributed by atoms with E-state index in [1.807, 2.05) is 0 Å². The fourth-order valence-corrected chi connectivity index (χ4v) is 5.26. The van der Waals surface area contributed by atoms with Gasteiger partial charge in [0.2, 0.25) is 10.0 Å². The topological polar surface area (TPSA) is 55.8 Å². The van der Waals surface area contributed by atoms with Crippen molar-refractivity contribution in [1.82, 2.24) is 4.31 Å². The molecule has 0 radical (unpaired) electrons. The fraction of sp³-hybridized carbons (Fsp3) is 0.368. The summed E-state index contributed by atoms with van der Waals surface area (Å²) < 4.78 is 76.8. The molecule has 0 spiro atoms. The Morgan fingerprint density at radius 2 is 1.64 bits per heavy atom. The zero-order chi connectivity index (χ0) is 19.9. The van der Waals surface area contributed by atoms with E-state index in [4.69, 9.17) is 9.47 Å². The molecule has 1 fully saturated rings. The van der Waals surface area contributed by atoms with Crippen LogP contribution in [0.4, 0.5) is 13.2 Å². The molecule has 0 aliphatic carbocycles. The Kier molecular flexibility index (Phi) is 4.75. The second-order valence-corrected chi connectivity index (χ2v) is 8.59. The van der Waals surface area contributed by atoms with Crippen molar-refractivity contribution >= 4 is 10.0 Å². The largest absolute Gasteiger partial charge is 0.486 e. The van der Waals surface area contributed by atoms with E-state index in [0.717, 1.165) is 29.8 Å². The molecule has 28 heavy (non-hydrogen) atoms. The monoisotopic (exact) mass is 413 g/mol. The second-order valence-electron chi connectivity index (χ2n) is 6.70. The van der Waals surface area contributed by atoms with E-state index in [1.54, 1.807) is 18.2 Å². The summed E-state index contributed by atoms with van der Waals surface area (Å²) in [5, 5.41) is 0. The Hall–Kier alpha value is -2.26. The van der Waals surface area contributed by atoms with Crippen LogP contribution in [-0.2, 0) is 16.2 Å². The van der Waals surface area contributed by atoms with Crippen LogP contribution in [-0.4, -0.2) is 32.5 Å². The molecule has 9 heteroatoms. The Labute approximate surface area is 160 Å². The smallest absolute Gasteiger partial charge is 0.416 e. The van der Waals surface area contributed by atoms with Crippen molar-refractivity contribution in [1.29, 1.82) is 0 Å². The van der Waals surface area contributed by atoms with E-state index in [0.29, 0.717) is 44.1 Å². The Morgan fingerprint density at radius 1 is 0.964 bits per heavy atom. The molecule has 4 rings (SSSR count). The molecule has 1 atom stereocenters. The highest BCUT2D eigenvalue weighted by molar-refractivity contribution is 7.89. The molecule has 5 nitrogen and oxygen atoms in total. The number of hydrogen-bond donors (Lipinski definition) is 0. The lowest BCUT2D eigenvalue weighted by atomic mass is 10.0. The third-order valence-corrected chi connectivity index (χ3v) is 6.87. The third-order valence-electron chi connectivity index (χ3n) is 4.94. The first-order chi connectivity index (χ1) is 13.3.